The Bertz CT molecular complexity index is 663. The van der Waals surface area contributed by atoms with Gasteiger partial charge < -0.3 is 9.47 Å². The van der Waals surface area contributed by atoms with E-state index in [1.54, 1.807) is 6.20 Å². The second-order valence-corrected chi connectivity index (χ2v) is 6.14. The third-order valence-electron chi connectivity index (χ3n) is 3.97. The van der Waals surface area contributed by atoms with Crippen molar-refractivity contribution < 1.29 is 4.79 Å². The van der Waals surface area contributed by atoms with Crippen molar-refractivity contribution in [2.45, 2.75) is 45.3 Å². The number of amides is 1. The lowest BCUT2D eigenvalue weighted by molar-refractivity contribution is -0.132. The molecule has 1 aromatic heterocycles. The van der Waals surface area contributed by atoms with Crippen LogP contribution in [0.1, 0.15) is 37.6 Å². The fourth-order valence-corrected chi connectivity index (χ4v) is 2.84. The van der Waals surface area contributed by atoms with Gasteiger partial charge in [0, 0.05) is 36.4 Å². The number of carbonyl (C=O) groups is 1. The van der Waals surface area contributed by atoms with Crippen molar-refractivity contribution in [2.24, 2.45) is 0 Å². The van der Waals surface area contributed by atoms with Crippen molar-refractivity contribution in [1.82, 2.24) is 14.5 Å². The molecule has 1 amide bonds. The number of halogens is 1. The van der Waals surface area contributed by atoms with Crippen molar-refractivity contribution >= 4 is 17.5 Å². The molecule has 1 saturated carbocycles. The van der Waals surface area contributed by atoms with E-state index < -0.39 is 0 Å². The second-order valence-electron chi connectivity index (χ2n) is 5.71. The normalized spacial score (nSPS) is 14.1. The lowest BCUT2D eigenvalue weighted by Crippen LogP contribution is -2.33. The molecule has 0 bridgehead atoms. The molecule has 1 fully saturated rings. The molecular weight excluding hydrogens is 298 g/mol. The van der Waals surface area contributed by atoms with Gasteiger partial charge in [-0.2, -0.15) is 0 Å². The van der Waals surface area contributed by atoms with Crippen LogP contribution >= 0.6 is 11.6 Å². The highest BCUT2D eigenvalue weighted by Gasteiger charge is 2.32. The number of imidazole rings is 1. The zero-order valence-corrected chi connectivity index (χ0v) is 13.5. The molecule has 5 heteroatoms. The molecule has 116 valence electrons. The Morgan fingerprint density at radius 2 is 2.27 bits per heavy atom. The first-order valence-electron chi connectivity index (χ1n) is 7.71. The van der Waals surface area contributed by atoms with Crippen molar-refractivity contribution in [2.75, 3.05) is 0 Å². The zero-order valence-electron chi connectivity index (χ0n) is 12.7. The molecule has 2 aromatic rings. The second kappa shape index (κ2) is 6.53. The number of benzene rings is 1. The zero-order chi connectivity index (χ0) is 15.5. The summed E-state index contributed by atoms with van der Waals surface area (Å²) >= 11 is 6.04. The summed E-state index contributed by atoms with van der Waals surface area (Å²) in [5.74, 6) is 1.13. The Morgan fingerprint density at radius 3 is 2.95 bits per heavy atom. The molecule has 0 atom stereocenters. The molecule has 0 N–H and O–H groups in total. The van der Waals surface area contributed by atoms with Crippen molar-refractivity contribution in [3.8, 4) is 0 Å². The van der Waals surface area contributed by atoms with Gasteiger partial charge in [-0.15, -0.1) is 0 Å². The van der Waals surface area contributed by atoms with Crippen molar-refractivity contribution in [1.29, 1.82) is 0 Å². The quantitative estimate of drug-likeness (QED) is 0.818. The van der Waals surface area contributed by atoms with E-state index in [0.29, 0.717) is 25.6 Å². The van der Waals surface area contributed by atoms with Gasteiger partial charge in [0.15, 0.2) is 0 Å². The van der Waals surface area contributed by atoms with Gasteiger partial charge in [0.25, 0.3) is 0 Å². The maximum Gasteiger partial charge on any atom is 0.222 e. The molecule has 1 aliphatic rings. The topological polar surface area (TPSA) is 38.1 Å². The molecule has 0 spiro atoms. The summed E-state index contributed by atoms with van der Waals surface area (Å²) in [6, 6.07) is 8.23. The fourth-order valence-electron chi connectivity index (χ4n) is 2.63. The number of hydrogen-bond donors (Lipinski definition) is 0. The summed E-state index contributed by atoms with van der Waals surface area (Å²) in [7, 11) is 0. The van der Waals surface area contributed by atoms with Crippen LogP contribution in [0.4, 0.5) is 0 Å². The Hall–Kier alpha value is -1.81. The third kappa shape index (κ3) is 3.50. The summed E-state index contributed by atoms with van der Waals surface area (Å²) in [4.78, 5) is 18.5. The molecule has 0 saturated heterocycles. The summed E-state index contributed by atoms with van der Waals surface area (Å²) in [6.45, 7) is 3.22. The van der Waals surface area contributed by atoms with Crippen LogP contribution in [0, 0.1) is 0 Å². The maximum absolute atomic E-state index is 12.1. The molecule has 1 heterocycles. The highest BCUT2D eigenvalue weighted by molar-refractivity contribution is 6.30. The first-order valence-corrected chi connectivity index (χ1v) is 8.09. The summed E-state index contributed by atoms with van der Waals surface area (Å²) in [5.41, 5.74) is 1.13. The van der Waals surface area contributed by atoms with Crippen LogP contribution < -0.4 is 0 Å². The largest absolute Gasteiger partial charge is 0.332 e. The van der Waals surface area contributed by atoms with Gasteiger partial charge in [-0.25, -0.2) is 4.98 Å². The number of rotatable bonds is 6. The maximum atomic E-state index is 12.1. The Labute approximate surface area is 135 Å². The standard InChI is InChI=1S/C17H20ClN3O/c1-2-17(22)21(15-6-7-15)12-16-19-8-9-20(16)11-13-4-3-5-14(18)10-13/h3-5,8-10,15H,2,6-7,11-12H2,1H3. The van der Waals surface area contributed by atoms with E-state index in [9.17, 15) is 4.79 Å². The minimum absolute atomic E-state index is 0.208. The molecule has 0 aliphatic heterocycles. The van der Waals surface area contributed by atoms with E-state index in [-0.39, 0.29) is 5.91 Å². The van der Waals surface area contributed by atoms with Crippen molar-refractivity contribution in [3.05, 3.63) is 53.1 Å². The van der Waals surface area contributed by atoms with Crippen molar-refractivity contribution in [3.63, 3.8) is 0 Å². The number of aromatic nitrogens is 2. The molecule has 0 unspecified atom stereocenters. The third-order valence-corrected chi connectivity index (χ3v) is 4.20. The van der Waals surface area contributed by atoms with Gasteiger partial charge in [0.1, 0.15) is 5.82 Å². The Kier molecular flexibility index (Phi) is 4.48. The van der Waals surface area contributed by atoms with Crippen LogP contribution in [-0.4, -0.2) is 26.4 Å². The molecule has 22 heavy (non-hydrogen) atoms. The van der Waals surface area contributed by atoms with Gasteiger partial charge in [-0.3, -0.25) is 4.79 Å². The lowest BCUT2D eigenvalue weighted by Gasteiger charge is -2.22. The van der Waals surface area contributed by atoms with E-state index >= 15 is 0 Å². The Morgan fingerprint density at radius 1 is 1.45 bits per heavy atom. The van der Waals surface area contributed by atoms with Gasteiger partial charge in [0.05, 0.1) is 6.54 Å². The summed E-state index contributed by atoms with van der Waals surface area (Å²) in [6.07, 6.45) is 6.52. The van der Waals surface area contributed by atoms with Gasteiger partial charge >= 0.3 is 0 Å². The average Bonchev–Trinajstić information content (AvgIpc) is 3.26. The molecule has 4 nitrogen and oxygen atoms in total. The predicted molar refractivity (Wildman–Crippen MR) is 86.6 cm³/mol. The number of nitrogens with zero attached hydrogens (tertiary/aromatic N) is 3. The summed E-state index contributed by atoms with van der Waals surface area (Å²) in [5, 5.41) is 0.736. The smallest absolute Gasteiger partial charge is 0.222 e. The van der Waals surface area contributed by atoms with E-state index in [4.69, 9.17) is 11.6 Å². The van der Waals surface area contributed by atoms with E-state index in [2.05, 4.69) is 9.55 Å². The molecule has 1 aliphatic carbocycles. The van der Waals surface area contributed by atoms with E-state index in [0.717, 1.165) is 29.3 Å². The minimum Gasteiger partial charge on any atom is -0.332 e. The van der Waals surface area contributed by atoms with Gasteiger partial charge in [-0.05, 0) is 30.5 Å². The van der Waals surface area contributed by atoms with E-state index in [1.165, 1.54) is 0 Å². The van der Waals surface area contributed by atoms with Crippen LogP contribution in [0.15, 0.2) is 36.7 Å². The first kappa shape index (κ1) is 15.1. The Balaban J connectivity index is 1.75. The minimum atomic E-state index is 0.208. The van der Waals surface area contributed by atoms with Gasteiger partial charge in [-0.1, -0.05) is 30.7 Å². The van der Waals surface area contributed by atoms with Crippen LogP contribution in [0.5, 0.6) is 0 Å². The highest BCUT2D eigenvalue weighted by Crippen LogP contribution is 2.28. The SMILES string of the molecule is CCC(=O)N(Cc1nccn1Cc1cccc(Cl)c1)C1CC1. The van der Waals surface area contributed by atoms with E-state index in [1.807, 2.05) is 42.3 Å². The predicted octanol–water partition coefficient (Wildman–Crippen LogP) is 3.49. The highest BCUT2D eigenvalue weighted by atomic mass is 35.5. The lowest BCUT2D eigenvalue weighted by atomic mass is 10.2. The molecule has 3 rings (SSSR count). The average molecular weight is 318 g/mol. The first-order chi connectivity index (χ1) is 10.7. The monoisotopic (exact) mass is 317 g/mol. The molecular formula is C17H20ClN3O. The fraction of sp³-hybridized carbons (Fsp3) is 0.412. The molecule has 1 aromatic carbocycles. The van der Waals surface area contributed by atoms with Crippen LogP contribution in [0.2, 0.25) is 5.02 Å². The summed E-state index contributed by atoms with van der Waals surface area (Å²) < 4.78 is 2.09. The van der Waals surface area contributed by atoms with Crippen LogP contribution in [-0.2, 0) is 17.9 Å². The molecule has 0 radical (unpaired) electrons. The van der Waals surface area contributed by atoms with Gasteiger partial charge in [0.2, 0.25) is 5.91 Å². The number of hydrogen-bond acceptors (Lipinski definition) is 2. The van der Waals surface area contributed by atoms with Crippen LogP contribution in [0.3, 0.4) is 0 Å². The number of carbonyl (C=O) groups excluding carboxylic acids is 1. The van der Waals surface area contributed by atoms with Crippen LogP contribution in [0.25, 0.3) is 0 Å².